The van der Waals surface area contributed by atoms with E-state index in [0.29, 0.717) is 43.0 Å². The van der Waals surface area contributed by atoms with Crippen molar-refractivity contribution in [2.45, 2.75) is 38.6 Å². The van der Waals surface area contributed by atoms with Gasteiger partial charge in [-0.15, -0.1) is 11.3 Å². The number of thiophene rings is 1. The van der Waals surface area contributed by atoms with Crippen molar-refractivity contribution in [2.75, 3.05) is 25.5 Å². The summed E-state index contributed by atoms with van der Waals surface area (Å²) in [5, 5.41) is 16.3. The molecule has 3 heterocycles. The Labute approximate surface area is 214 Å². The van der Waals surface area contributed by atoms with Gasteiger partial charge in [0.1, 0.15) is 16.8 Å². The van der Waals surface area contributed by atoms with Crippen LogP contribution in [0.15, 0.2) is 48.8 Å². The van der Waals surface area contributed by atoms with Crippen LogP contribution in [0.25, 0.3) is 0 Å². The van der Waals surface area contributed by atoms with Crippen LogP contribution in [0.3, 0.4) is 0 Å². The summed E-state index contributed by atoms with van der Waals surface area (Å²) in [6, 6.07) is 13.6. The van der Waals surface area contributed by atoms with Crippen molar-refractivity contribution < 1.29 is 14.3 Å². The number of fused-ring (bicyclic) bond motifs is 1. The van der Waals surface area contributed by atoms with Crippen LogP contribution in [0.1, 0.15) is 46.4 Å². The number of para-hydroxylation sites is 1. The monoisotopic (exact) mass is 503 g/mol. The van der Waals surface area contributed by atoms with Gasteiger partial charge in [0.2, 0.25) is 5.91 Å². The maximum absolute atomic E-state index is 12.9. The number of urea groups is 1. The molecule has 1 aromatic carbocycles. The Kier molecular flexibility index (Phi) is 8.18. The first kappa shape index (κ1) is 25.2. The highest BCUT2D eigenvalue weighted by molar-refractivity contribution is 7.16. The number of nitriles is 1. The largest absolute Gasteiger partial charge is 0.496 e. The predicted molar refractivity (Wildman–Crippen MR) is 139 cm³/mol. The fraction of sp³-hybridized carbons (Fsp3) is 0.333. The number of pyridine rings is 1. The van der Waals surface area contributed by atoms with Crippen LogP contribution in [0.4, 0.5) is 9.80 Å². The Balaban J connectivity index is 1.36. The number of carbonyl (C=O) groups is 2. The minimum Gasteiger partial charge on any atom is -0.496 e. The van der Waals surface area contributed by atoms with Gasteiger partial charge in [-0.2, -0.15) is 5.26 Å². The Morgan fingerprint density at radius 1 is 1.28 bits per heavy atom. The Morgan fingerprint density at radius 2 is 2.11 bits per heavy atom. The minimum absolute atomic E-state index is 0.0490. The summed E-state index contributed by atoms with van der Waals surface area (Å²) < 4.78 is 5.42. The number of ether oxygens (including phenoxy) is 1. The van der Waals surface area contributed by atoms with Crippen LogP contribution < -0.4 is 15.4 Å². The molecule has 1 aliphatic rings. The summed E-state index contributed by atoms with van der Waals surface area (Å²) in [5.41, 5.74) is 3.46. The maximum Gasteiger partial charge on any atom is 0.317 e. The van der Waals surface area contributed by atoms with E-state index >= 15 is 0 Å². The SMILES string of the molecule is COc1ccccc1[C@@H](C)CC(=O)Nc1sc2c(c1C#N)CCN(C(=O)NCCc1cccnc1)C2. The van der Waals surface area contributed by atoms with Crippen LogP contribution in [0.2, 0.25) is 0 Å². The van der Waals surface area contributed by atoms with E-state index in [9.17, 15) is 14.9 Å². The highest BCUT2D eigenvalue weighted by Crippen LogP contribution is 2.37. The smallest absolute Gasteiger partial charge is 0.317 e. The molecule has 0 bridgehead atoms. The van der Waals surface area contributed by atoms with Crippen molar-refractivity contribution in [3.05, 3.63) is 75.9 Å². The summed E-state index contributed by atoms with van der Waals surface area (Å²) >= 11 is 1.38. The quantitative estimate of drug-likeness (QED) is 0.472. The van der Waals surface area contributed by atoms with Gasteiger partial charge in [-0.05, 0) is 47.6 Å². The van der Waals surface area contributed by atoms with Crippen molar-refractivity contribution in [2.24, 2.45) is 0 Å². The summed E-state index contributed by atoms with van der Waals surface area (Å²) in [7, 11) is 1.62. The molecule has 0 saturated heterocycles. The zero-order chi connectivity index (χ0) is 25.5. The van der Waals surface area contributed by atoms with E-state index in [1.165, 1.54) is 11.3 Å². The third-order valence-electron chi connectivity index (χ3n) is 6.28. The number of carbonyl (C=O) groups excluding carboxylic acids is 2. The number of methoxy groups -OCH3 is 1. The van der Waals surface area contributed by atoms with Gasteiger partial charge in [-0.25, -0.2) is 4.79 Å². The molecule has 8 nitrogen and oxygen atoms in total. The molecule has 2 aromatic heterocycles. The normalized spacial score (nSPS) is 13.3. The van der Waals surface area contributed by atoms with Crippen LogP contribution >= 0.6 is 11.3 Å². The molecule has 36 heavy (non-hydrogen) atoms. The van der Waals surface area contributed by atoms with Gasteiger partial charge in [0.25, 0.3) is 0 Å². The second-order valence-electron chi connectivity index (χ2n) is 8.73. The van der Waals surface area contributed by atoms with E-state index in [2.05, 4.69) is 21.7 Å². The number of hydrogen-bond donors (Lipinski definition) is 2. The molecule has 0 aliphatic carbocycles. The van der Waals surface area contributed by atoms with Crippen molar-refractivity contribution in [1.29, 1.82) is 5.26 Å². The van der Waals surface area contributed by atoms with E-state index < -0.39 is 0 Å². The zero-order valence-electron chi connectivity index (χ0n) is 20.4. The van der Waals surface area contributed by atoms with Crippen molar-refractivity contribution in [1.82, 2.24) is 15.2 Å². The van der Waals surface area contributed by atoms with E-state index in [-0.39, 0.29) is 24.3 Å². The van der Waals surface area contributed by atoms with Gasteiger partial charge in [-0.1, -0.05) is 31.2 Å². The predicted octanol–water partition coefficient (Wildman–Crippen LogP) is 4.47. The van der Waals surface area contributed by atoms with Gasteiger partial charge in [0.05, 0.1) is 19.2 Å². The molecule has 3 aromatic rings. The van der Waals surface area contributed by atoms with E-state index in [1.54, 1.807) is 24.4 Å². The van der Waals surface area contributed by atoms with Crippen LogP contribution in [0, 0.1) is 11.3 Å². The highest BCUT2D eigenvalue weighted by atomic mass is 32.1. The molecule has 0 spiro atoms. The standard InChI is InChI=1S/C27H29N5O3S/c1-18(20-7-3-4-8-23(20)35-2)14-25(33)31-26-22(15-28)21-10-13-32(17-24(21)36-26)27(34)30-12-9-19-6-5-11-29-16-19/h3-8,11,16,18H,9-10,12-14,17H2,1-2H3,(H,30,34)(H,31,33)/t18-/m0/s1. The molecule has 0 unspecified atom stereocenters. The van der Waals surface area contributed by atoms with Gasteiger partial charge >= 0.3 is 6.03 Å². The molecular formula is C27H29N5O3S. The van der Waals surface area contributed by atoms with Crippen LogP contribution in [-0.2, 0) is 24.2 Å². The first-order valence-corrected chi connectivity index (χ1v) is 12.7. The molecule has 0 saturated carbocycles. The number of benzene rings is 1. The topological polar surface area (TPSA) is 107 Å². The molecule has 3 amide bonds. The molecule has 2 N–H and O–H groups in total. The minimum atomic E-state index is -0.159. The summed E-state index contributed by atoms with van der Waals surface area (Å²) in [6.07, 6.45) is 5.07. The number of aromatic nitrogens is 1. The number of nitrogens with zero attached hydrogens (tertiary/aromatic N) is 3. The first-order chi connectivity index (χ1) is 17.5. The molecule has 186 valence electrons. The number of amides is 3. The maximum atomic E-state index is 12.9. The van der Waals surface area contributed by atoms with E-state index in [0.717, 1.165) is 27.3 Å². The lowest BCUT2D eigenvalue weighted by molar-refractivity contribution is -0.116. The lowest BCUT2D eigenvalue weighted by atomic mass is 9.96. The Hall–Kier alpha value is -3.90. The fourth-order valence-corrected chi connectivity index (χ4v) is 5.62. The number of anilines is 1. The number of rotatable bonds is 8. The van der Waals surface area contributed by atoms with Gasteiger partial charge in [-0.3, -0.25) is 9.78 Å². The molecule has 1 aliphatic heterocycles. The second kappa shape index (κ2) is 11.7. The van der Waals surface area contributed by atoms with Crippen molar-refractivity contribution in [3.8, 4) is 11.8 Å². The fourth-order valence-electron chi connectivity index (χ4n) is 4.39. The Bertz CT molecular complexity index is 1270. The molecule has 0 radical (unpaired) electrons. The summed E-state index contributed by atoms with van der Waals surface area (Å²) in [6.45, 7) is 3.44. The first-order valence-electron chi connectivity index (χ1n) is 11.9. The van der Waals surface area contributed by atoms with E-state index in [1.807, 2.05) is 43.3 Å². The lowest BCUT2D eigenvalue weighted by Gasteiger charge is -2.27. The number of hydrogen-bond acceptors (Lipinski definition) is 6. The molecule has 1 atom stereocenters. The molecule has 0 fully saturated rings. The van der Waals surface area contributed by atoms with Gasteiger partial charge in [0.15, 0.2) is 0 Å². The zero-order valence-corrected chi connectivity index (χ0v) is 21.2. The average molecular weight is 504 g/mol. The van der Waals surface area contributed by atoms with Crippen molar-refractivity contribution >= 4 is 28.3 Å². The third-order valence-corrected chi connectivity index (χ3v) is 7.42. The molecule has 4 rings (SSSR count). The average Bonchev–Trinajstić information content (AvgIpc) is 3.24. The Morgan fingerprint density at radius 3 is 2.86 bits per heavy atom. The lowest BCUT2D eigenvalue weighted by Crippen LogP contribution is -2.43. The highest BCUT2D eigenvalue weighted by Gasteiger charge is 2.28. The van der Waals surface area contributed by atoms with E-state index in [4.69, 9.17) is 4.74 Å². The van der Waals surface area contributed by atoms with Gasteiger partial charge in [0, 0.05) is 36.8 Å². The van der Waals surface area contributed by atoms with Crippen molar-refractivity contribution in [3.63, 3.8) is 0 Å². The second-order valence-corrected chi connectivity index (χ2v) is 9.83. The van der Waals surface area contributed by atoms with Gasteiger partial charge < -0.3 is 20.3 Å². The third kappa shape index (κ3) is 5.83. The van der Waals surface area contributed by atoms with Crippen LogP contribution in [0.5, 0.6) is 5.75 Å². The summed E-state index contributed by atoms with van der Waals surface area (Å²) in [5.74, 6) is 0.543. The summed E-state index contributed by atoms with van der Waals surface area (Å²) in [4.78, 5) is 32.3. The van der Waals surface area contributed by atoms with Crippen LogP contribution in [-0.4, -0.2) is 42.0 Å². The number of nitrogens with one attached hydrogen (secondary N) is 2. The molecule has 9 heteroatoms. The molecular weight excluding hydrogens is 474 g/mol.